The van der Waals surface area contributed by atoms with Crippen molar-refractivity contribution >= 4 is 39.0 Å². The molecular weight excluding hydrogens is 374 g/mol. The standard InChI is InChI=1S/C18H19NO5S2/c1-24-15-7-3-2-6-13(15)12-14(18(20)21)16-8-9-17(25-16)26(22,23)19-10-4-5-11-19/h2-3,6-9,12H,4-5,10-11H2,1H3,(H,20,21)/b14-12-. The van der Waals surface area contributed by atoms with Crippen molar-refractivity contribution < 1.29 is 23.1 Å². The Morgan fingerprint density at radius 3 is 2.54 bits per heavy atom. The van der Waals surface area contributed by atoms with E-state index in [2.05, 4.69) is 0 Å². The van der Waals surface area contributed by atoms with Crippen molar-refractivity contribution in [1.82, 2.24) is 4.31 Å². The molecule has 6 nitrogen and oxygen atoms in total. The highest BCUT2D eigenvalue weighted by Gasteiger charge is 2.29. The number of hydrogen-bond donors (Lipinski definition) is 1. The number of para-hydroxylation sites is 1. The fourth-order valence-electron chi connectivity index (χ4n) is 2.84. The summed E-state index contributed by atoms with van der Waals surface area (Å²) in [5.74, 6) is -0.574. The molecule has 2 aromatic rings. The topological polar surface area (TPSA) is 83.9 Å². The molecule has 0 saturated carbocycles. The molecule has 0 unspecified atom stereocenters. The Labute approximate surface area is 156 Å². The third-order valence-electron chi connectivity index (χ3n) is 4.18. The fraction of sp³-hybridized carbons (Fsp3) is 0.278. The molecule has 0 radical (unpaired) electrons. The van der Waals surface area contributed by atoms with Crippen molar-refractivity contribution in [2.45, 2.75) is 17.1 Å². The van der Waals surface area contributed by atoms with Gasteiger partial charge < -0.3 is 9.84 Å². The molecule has 26 heavy (non-hydrogen) atoms. The third-order valence-corrected chi connectivity index (χ3v) is 7.66. The Bertz CT molecular complexity index is 940. The van der Waals surface area contributed by atoms with Crippen molar-refractivity contribution in [3.63, 3.8) is 0 Å². The van der Waals surface area contributed by atoms with Crippen LogP contribution in [0.3, 0.4) is 0 Å². The molecule has 138 valence electrons. The van der Waals surface area contributed by atoms with E-state index in [4.69, 9.17) is 4.74 Å². The smallest absolute Gasteiger partial charge is 0.337 e. The molecular formula is C18H19NO5S2. The Kier molecular flexibility index (Phi) is 5.45. The molecule has 1 fully saturated rings. The van der Waals surface area contributed by atoms with E-state index >= 15 is 0 Å². The summed E-state index contributed by atoms with van der Waals surface area (Å²) in [6.07, 6.45) is 3.20. The van der Waals surface area contributed by atoms with E-state index in [1.54, 1.807) is 30.3 Å². The number of rotatable bonds is 6. The summed E-state index contributed by atoms with van der Waals surface area (Å²) in [6.45, 7) is 1.02. The second-order valence-electron chi connectivity index (χ2n) is 5.83. The van der Waals surface area contributed by atoms with Crippen LogP contribution in [0.2, 0.25) is 0 Å². The second-order valence-corrected chi connectivity index (χ2v) is 9.08. The lowest BCUT2D eigenvalue weighted by atomic mass is 10.1. The lowest BCUT2D eigenvalue weighted by Crippen LogP contribution is -2.27. The van der Waals surface area contributed by atoms with Crippen LogP contribution < -0.4 is 4.74 Å². The minimum Gasteiger partial charge on any atom is -0.496 e. The van der Waals surface area contributed by atoms with E-state index in [9.17, 15) is 18.3 Å². The van der Waals surface area contributed by atoms with Crippen LogP contribution in [0.5, 0.6) is 5.75 Å². The molecule has 8 heteroatoms. The molecule has 1 aromatic heterocycles. The van der Waals surface area contributed by atoms with Crippen molar-refractivity contribution in [3.8, 4) is 5.75 Å². The minimum atomic E-state index is -3.56. The normalized spacial score (nSPS) is 16.0. The van der Waals surface area contributed by atoms with Crippen molar-refractivity contribution in [2.75, 3.05) is 20.2 Å². The zero-order chi connectivity index (χ0) is 18.7. The van der Waals surface area contributed by atoms with Gasteiger partial charge in [0.25, 0.3) is 10.0 Å². The molecule has 0 amide bonds. The Hall–Kier alpha value is -2.16. The third kappa shape index (κ3) is 3.67. The molecule has 1 saturated heterocycles. The van der Waals surface area contributed by atoms with E-state index in [0.29, 0.717) is 29.3 Å². The highest BCUT2D eigenvalue weighted by molar-refractivity contribution is 7.91. The maximum absolute atomic E-state index is 12.6. The zero-order valence-corrected chi connectivity index (χ0v) is 15.8. The van der Waals surface area contributed by atoms with Gasteiger partial charge in [-0.15, -0.1) is 11.3 Å². The van der Waals surface area contributed by atoms with E-state index in [0.717, 1.165) is 24.2 Å². The van der Waals surface area contributed by atoms with Gasteiger partial charge in [0.1, 0.15) is 9.96 Å². The number of carbonyl (C=O) groups is 1. The lowest BCUT2D eigenvalue weighted by molar-refractivity contribution is -0.130. The quantitative estimate of drug-likeness (QED) is 0.762. The highest BCUT2D eigenvalue weighted by Crippen LogP contribution is 2.33. The van der Waals surface area contributed by atoms with E-state index in [1.165, 1.54) is 23.6 Å². The SMILES string of the molecule is COc1ccccc1/C=C(\C(=O)O)c1ccc(S(=O)(=O)N2CCCC2)s1. The van der Waals surface area contributed by atoms with Crippen LogP contribution in [0.1, 0.15) is 23.3 Å². The van der Waals surface area contributed by atoms with Gasteiger partial charge in [0.15, 0.2) is 0 Å². The number of nitrogens with zero attached hydrogens (tertiary/aromatic N) is 1. The molecule has 0 aliphatic carbocycles. The maximum Gasteiger partial charge on any atom is 0.337 e. The average Bonchev–Trinajstić information content (AvgIpc) is 3.31. The molecule has 1 N–H and O–H groups in total. The molecule has 1 aliphatic rings. The number of ether oxygens (including phenoxy) is 1. The van der Waals surface area contributed by atoms with Gasteiger partial charge in [0.05, 0.1) is 12.7 Å². The first-order valence-corrected chi connectivity index (χ1v) is 10.4. The first-order valence-electron chi connectivity index (χ1n) is 8.12. The number of carboxylic acid groups (broad SMARTS) is 1. The van der Waals surface area contributed by atoms with Gasteiger partial charge >= 0.3 is 5.97 Å². The van der Waals surface area contributed by atoms with E-state index in [-0.39, 0.29) is 9.78 Å². The van der Waals surface area contributed by atoms with E-state index in [1.807, 2.05) is 0 Å². The summed E-state index contributed by atoms with van der Waals surface area (Å²) < 4.78 is 32.2. The van der Waals surface area contributed by atoms with Crippen LogP contribution in [0, 0.1) is 0 Å². The minimum absolute atomic E-state index is 0.0300. The zero-order valence-electron chi connectivity index (χ0n) is 14.2. The van der Waals surface area contributed by atoms with Gasteiger partial charge in [0, 0.05) is 23.5 Å². The van der Waals surface area contributed by atoms with Crippen LogP contribution in [-0.2, 0) is 14.8 Å². The Morgan fingerprint density at radius 1 is 1.19 bits per heavy atom. The maximum atomic E-state index is 12.6. The molecule has 2 heterocycles. The van der Waals surface area contributed by atoms with Gasteiger partial charge in [-0.25, -0.2) is 13.2 Å². The van der Waals surface area contributed by atoms with Gasteiger partial charge in [-0.2, -0.15) is 4.31 Å². The second kappa shape index (κ2) is 7.61. The van der Waals surface area contributed by atoms with Crippen LogP contribution >= 0.6 is 11.3 Å². The first kappa shape index (κ1) is 18.6. The Morgan fingerprint density at radius 2 is 1.88 bits per heavy atom. The molecule has 1 aliphatic heterocycles. The number of hydrogen-bond acceptors (Lipinski definition) is 5. The van der Waals surface area contributed by atoms with Crippen LogP contribution in [-0.4, -0.2) is 44.0 Å². The van der Waals surface area contributed by atoms with Crippen LogP contribution in [0.25, 0.3) is 11.6 Å². The molecule has 0 spiro atoms. The van der Waals surface area contributed by atoms with Gasteiger partial charge in [0.2, 0.25) is 0 Å². The van der Waals surface area contributed by atoms with Crippen molar-refractivity contribution in [2.24, 2.45) is 0 Å². The average molecular weight is 393 g/mol. The van der Waals surface area contributed by atoms with Crippen LogP contribution in [0.15, 0.2) is 40.6 Å². The van der Waals surface area contributed by atoms with Gasteiger partial charge in [-0.3, -0.25) is 0 Å². The van der Waals surface area contributed by atoms with Gasteiger partial charge in [-0.1, -0.05) is 18.2 Å². The molecule has 1 aromatic carbocycles. The number of methoxy groups -OCH3 is 1. The largest absolute Gasteiger partial charge is 0.496 e. The summed E-state index contributed by atoms with van der Waals surface area (Å²) in [7, 11) is -2.04. The number of thiophene rings is 1. The Balaban J connectivity index is 1.99. The van der Waals surface area contributed by atoms with E-state index < -0.39 is 16.0 Å². The predicted molar refractivity (Wildman–Crippen MR) is 101 cm³/mol. The number of benzene rings is 1. The lowest BCUT2D eigenvalue weighted by Gasteiger charge is -2.13. The summed E-state index contributed by atoms with van der Waals surface area (Å²) in [5.41, 5.74) is 0.645. The highest BCUT2D eigenvalue weighted by atomic mass is 32.2. The molecule has 3 rings (SSSR count). The number of aliphatic carboxylic acids is 1. The number of carboxylic acids is 1. The van der Waals surface area contributed by atoms with Crippen molar-refractivity contribution in [3.05, 3.63) is 46.8 Å². The summed E-state index contributed by atoms with van der Waals surface area (Å²) in [4.78, 5) is 12.1. The summed E-state index contributed by atoms with van der Waals surface area (Å²) in [5, 5.41) is 9.61. The fourth-order valence-corrected chi connectivity index (χ4v) is 5.82. The van der Waals surface area contributed by atoms with Crippen LogP contribution in [0.4, 0.5) is 0 Å². The first-order chi connectivity index (χ1) is 12.4. The van der Waals surface area contributed by atoms with Crippen molar-refractivity contribution in [1.29, 1.82) is 0 Å². The summed E-state index contributed by atoms with van der Waals surface area (Å²) in [6, 6.07) is 10.1. The summed E-state index contributed by atoms with van der Waals surface area (Å²) >= 11 is 0.976. The monoisotopic (exact) mass is 393 g/mol. The molecule has 0 atom stereocenters. The van der Waals surface area contributed by atoms with Gasteiger partial charge in [-0.05, 0) is 37.1 Å². The molecule has 0 bridgehead atoms. The number of sulfonamides is 1. The predicted octanol–water partition coefficient (Wildman–Crippen LogP) is 3.17.